The van der Waals surface area contributed by atoms with Crippen molar-refractivity contribution in [3.05, 3.63) is 0 Å². The van der Waals surface area contributed by atoms with E-state index in [-0.39, 0.29) is 6.10 Å². The number of unbranched alkanes of at least 4 members (excludes halogenated alkanes) is 2. The molecule has 0 aliphatic rings. The van der Waals surface area contributed by atoms with Crippen molar-refractivity contribution in [2.75, 3.05) is 19.6 Å². The highest BCUT2D eigenvalue weighted by Crippen LogP contribution is 2.03. The molecular formula is C13H29NO. The van der Waals surface area contributed by atoms with Crippen LogP contribution in [0.15, 0.2) is 0 Å². The monoisotopic (exact) mass is 215 g/mol. The third kappa shape index (κ3) is 10.2. The number of aliphatic hydroxyl groups excluding tert-OH is 1. The fourth-order valence-electron chi connectivity index (χ4n) is 1.71. The summed E-state index contributed by atoms with van der Waals surface area (Å²) in [5, 5.41) is 9.20. The van der Waals surface area contributed by atoms with Gasteiger partial charge >= 0.3 is 0 Å². The lowest BCUT2D eigenvalue weighted by Gasteiger charge is -2.22. The zero-order valence-corrected chi connectivity index (χ0v) is 10.8. The zero-order valence-electron chi connectivity index (χ0n) is 10.8. The van der Waals surface area contributed by atoms with Crippen LogP contribution < -0.4 is 0 Å². The summed E-state index contributed by atoms with van der Waals surface area (Å²) in [5.74, 6) is 0. The van der Waals surface area contributed by atoms with Crippen LogP contribution in [0.2, 0.25) is 0 Å². The van der Waals surface area contributed by atoms with Gasteiger partial charge in [-0.3, -0.25) is 0 Å². The Labute approximate surface area is 95.7 Å². The first-order valence-corrected chi connectivity index (χ1v) is 6.61. The van der Waals surface area contributed by atoms with E-state index in [9.17, 15) is 5.11 Å². The van der Waals surface area contributed by atoms with E-state index < -0.39 is 0 Å². The first-order chi connectivity index (χ1) is 7.20. The van der Waals surface area contributed by atoms with Crippen LogP contribution in [0.25, 0.3) is 0 Å². The van der Waals surface area contributed by atoms with Gasteiger partial charge in [-0.15, -0.1) is 0 Å². The van der Waals surface area contributed by atoms with E-state index in [4.69, 9.17) is 0 Å². The third-order valence-electron chi connectivity index (χ3n) is 2.75. The molecule has 0 aromatic carbocycles. The van der Waals surface area contributed by atoms with E-state index in [1.165, 1.54) is 38.8 Å². The SMILES string of the molecule is CCCCN(CCCC)CCC[C@H](C)O. The number of aliphatic hydroxyl groups is 1. The Morgan fingerprint density at radius 2 is 1.40 bits per heavy atom. The molecule has 0 rings (SSSR count). The molecule has 0 fully saturated rings. The van der Waals surface area contributed by atoms with Crippen molar-refractivity contribution in [3.8, 4) is 0 Å². The van der Waals surface area contributed by atoms with Crippen LogP contribution in [0.1, 0.15) is 59.3 Å². The summed E-state index contributed by atoms with van der Waals surface area (Å²) in [6.07, 6.45) is 7.10. The lowest BCUT2D eigenvalue weighted by atomic mass is 10.2. The lowest BCUT2D eigenvalue weighted by molar-refractivity contribution is 0.169. The highest BCUT2D eigenvalue weighted by molar-refractivity contribution is 4.59. The second-order valence-electron chi connectivity index (χ2n) is 4.54. The molecule has 1 N–H and O–H groups in total. The van der Waals surface area contributed by atoms with E-state index in [1.54, 1.807) is 0 Å². The molecule has 0 aliphatic carbocycles. The molecule has 0 heterocycles. The molecule has 1 atom stereocenters. The average molecular weight is 215 g/mol. The molecule has 0 spiro atoms. The van der Waals surface area contributed by atoms with E-state index in [1.807, 2.05) is 6.92 Å². The zero-order chi connectivity index (χ0) is 11.5. The second kappa shape index (κ2) is 10.4. The van der Waals surface area contributed by atoms with Gasteiger partial charge in [-0.2, -0.15) is 0 Å². The number of rotatable bonds is 10. The molecule has 0 saturated heterocycles. The highest BCUT2D eigenvalue weighted by Gasteiger charge is 2.04. The highest BCUT2D eigenvalue weighted by atomic mass is 16.3. The summed E-state index contributed by atoms with van der Waals surface area (Å²) >= 11 is 0. The van der Waals surface area contributed by atoms with Crippen LogP contribution >= 0.6 is 0 Å². The van der Waals surface area contributed by atoms with Gasteiger partial charge in [-0.05, 0) is 52.2 Å². The standard InChI is InChI=1S/C13H29NO/c1-4-6-10-14(11-7-5-2)12-8-9-13(3)15/h13,15H,4-12H2,1-3H3/t13-/m0/s1. The number of hydrogen-bond acceptors (Lipinski definition) is 2. The average Bonchev–Trinajstić information content (AvgIpc) is 2.20. The molecule has 2 heteroatoms. The summed E-state index contributed by atoms with van der Waals surface area (Å²) in [6.45, 7) is 9.99. The van der Waals surface area contributed by atoms with Crippen molar-refractivity contribution in [2.45, 2.75) is 65.4 Å². The molecule has 2 nitrogen and oxygen atoms in total. The maximum atomic E-state index is 9.20. The van der Waals surface area contributed by atoms with Crippen molar-refractivity contribution in [3.63, 3.8) is 0 Å². The van der Waals surface area contributed by atoms with Gasteiger partial charge in [-0.1, -0.05) is 26.7 Å². The molecule has 0 amide bonds. The Morgan fingerprint density at radius 3 is 1.80 bits per heavy atom. The predicted molar refractivity (Wildman–Crippen MR) is 67.2 cm³/mol. The summed E-state index contributed by atoms with van der Waals surface area (Å²) < 4.78 is 0. The minimum Gasteiger partial charge on any atom is -0.393 e. The predicted octanol–water partition coefficient (Wildman–Crippen LogP) is 3.05. The van der Waals surface area contributed by atoms with Gasteiger partial charge in [-0.25, -0.2) is 0 Å². The molecule has 15 heavy (non-hydrogen) atoms. The maximum Gasteiger partial charge on any atom is 0.0512 e. The topological polar surface area (TPSA) is 23.5 Å². The molecule has 0 bridgehead atoms. The van der Waals surface area contributed by atoms with Crippen LogP contribution in [0.3, 0.4) is 0 Å². The van der Waals surface area contributed by atoms with Gasteiger partial charge in [0.2, 0.25) is 0 Å². The molecule has 0 aromatic rings. The summed E-state index contributed by atoms with van der Waals surface area (Å²) in [6, 6.07) is 0. The molecule has 92 valence electrons. The molecular weight excluding hydrogens is 186 g/mol. The Bertz CT molecular complexity index is 118. The van der Waals surface area contributed by atoms with Crippen molar-refractivity contribution in [2.24, 2.45) is 0 Å². The van der Waals surface area contributed by atoms with Gasteiger partial charge in [0.05, 0.1) is 6.10 Å². The van der Waals surface area contributed by atoms with E-state index in [0.29, 0.717) is 0 Å². The Morgan fingerprint density at radius 1 is 0.933 bits per heavy atom. The van der Waals surface area contributed by atoms with E-state index in [2.05, 4.69) is 18.7 Å². The normalized spacial score (nSPS) is 13.4. The van der Waals surface area contributed by atoms with Crippen molar-refractivity contribution < 1.29 is 5.11 Å². The van der Waals surface area contributed by atoms with Gasteiger partial charge in [0.25, 0.3) is 0 Å². The first kappa shape index (κ1) is 14.9. The molecule has 0 radical (unpaired) electrons. The largest absolute Gasteiger partial charge is 0.393 e. The second-order valence-corrected chi connectivity index (χ2v) is 4.54. The smallest absolute Gasteiger partial charge is 0.0512 e. The van der Waals surface area contributed by atoms with E-state index >= 15 is 0 Å². The van der Waals surface area contributed by atoms with Crippen molar-refractivity contribution >= 4 is 0 Å². The van der Waals surface area contributed by atoms with Crippen LogP contribution in [-0.4, -0.2) is 35.7 Å². The maximum absolute atomic E-state index is 9.20. The van der Waals surface area contributed by atoms with Gasteiger partial charge in [0.1, 0.15) is 0 Å². The Hall–Kier alpha value is -0.0800. The molecule has 0 saturated carbocycles. The van der Waals surface area contributed by atoms with Crippen molar-refractivity contribution in [1.29, 1.82) is 0 Å². The number of nitrogens with zero attached hydrogens (tertiary/aromatic N) is 1. The van der Waals surface area contributed by atoms with Crippen LogP contribution in [0.4, 0.5) is 0 Å². The number of hydrogen-bond donors (Lipinski definition) is 1. The van der Waals surface area contributed by atoms with E-state index in [0.717, 1.165) is 19.4 Å². The molecule has 0 aliphatic heterocycles. The van der Waals surface area contributed by atoms with Gasteiger partial charge in [0, 0.05) is 0 Å². The van der Waals surface area contributed by atoms with Gasteiger partial charge in [0.15, 0.2) is 0 Å². The Balaban J connectivity index is 3.58. The molecule has 0 unspecified atom stereocenters. The summed E-state index contributed by atoms with van der Waals surface area (Å²) in [5.41, 5.74) is 0. The van der Waals surface area contributed by atoms with Crippen LogP contribution in [-0.2, 0) is 0 Å². The quantitative estimate of drug-likeness (QED) is 0.605. The third-order valence-corrected chi connectivity index (χ3v) is 2.75. The summed E-state index contributed by atoms with van der Waals surface area (Å²) in [4.78, 5) is 2.55. The fraction of sp³-hybridized carbons (Fsp3) is 1.00. The summed E-state index contributed by atoms with van der Waals surface area (Å²) in [7, 11) is 0. The fourth-order valence-corrected chi connectivity index (χ4v) is 1.71. The van der Waals surface area contributed by atoms with Crippen molar-refractivity contribution in [1.82, 2.24) is 4.90 Å². The van der Waals surface area contributed by atoms with Crippen LogP contribution in [0.5, 0.6) is 0 Å². The Kier molecular flexibility index (Phi) is 10.4. The minimum absolute atomic E-state index is 0.135. The van der Waals surface area contributed by atoms with Gasteiger partial charge < -0.3 is 10.0 Å². The van der Waals surface area contributed by atoms with Crippen LogP contribution in [0, 0.1) is 0 Å². The molecule has 0 aromatic heterocycles. The minimum atomic E-state index is -0.135. The lowest BCUT2D eigenvalue weighted by Crippen LogP contribution is -2.27. The first-order valence-electron chi connectivity index (χ1n) is 6.61.